The van der Waals surface area contributed by atoms with E-state index in [9.17, 15) is 4.79 Å². The van der Waals surface area contributed by atoms with Gasteiger partial charge in [-0.05, 0) is 43.0 Å². The molecule has 1 aliphatic rings. The van der Waals surface area contributed by atoms with Crippen LogP contribution in [-0.4, -0.2) is 28.6 Å². The van der Waals surface area contributed by atoms with Gasteiger partial charge in [0.2, 0.25) is 0 Å². The molecule has 0 spiro atoms. The smallest absolute Gasteiger partial charge is 0.274 e. The Hall–Kier alpha value is -1.66. The van der Waals surface area contributed by atoms with E-state index in [0.29, 0.717) is 17.4 Å². The van der Waals surface area contributed by atoms with E-state index >= 15 is 0 Å². The molecule has 1 aliphatic carbocycles. The van der Waals surface area contributed by atoms with Gasteiger partial charge in [-0.25, -0.2) is 4.98 Å². The highest BCUT2D eigenvalue weighted by Gasteiger charge is 2.25. The van der Waals surface area contributed by atoms with Crippen LogP contribution in [0.25, 0.3) is 10.6 Å². The van der Waals surface area contributed by atoms with Crippen LogP contribution in [0.3, 0.4) is 0 Å². The lowest BCUT2D eigenvalue weighted by molar-refractivity contribution is 0.0910. The number of nitrogens with one attached hydrogen (secondary N) is 1. The number of amides is 1. The molecule has 0 saturated heterocycles. The Morgan fingerprint density at radius 2 is 2.24 bits per heavy atom. The maximum atomic E-state index is 12.4. The maximum absolute atomic E-state index is 12.4. The second kappa shape index (κ2) is 6.41. The molecule has 0 radical (unpaired) electrons. The van der Waals surface area contributed by atoms with Crippen LogP contribution in [0.5, 0.6) is 0 Å². The van der Waals surface area contributed by atoms with Gasteiger partial charge in [0.15, 0.2) is 17.8 Å². The molecule has 2 aromatic rings. The molecule has 2 aromatic heterocycles. The Balaban J connectivity index is 1.66. The number of aromatic nitrogens is 1. The first-order chi connectivity index (χ1) is 10.3. The van der Waals surface area contributed by atoms with Crippen LogP contribution in [-0.2, 0) is 0 Å². The van der Waals surface area contributed by atoms with Crippen molar-refractivity contribution in [2.75, 3.05) is 6.61 Å². The van der Waals surface area contributed by atoms with E-state index in [4.69, 9.17) is 9.52 Å². The molecule has 0 aromatic carbocycles. The van der Waals surface area contributed by atoms with Gasteiger partial charge in [0.05, 0.1) is 4.88 Å². The lowest BCUT2D eigenvalue weighted by Gasteiger charge is -2.27. The third-order valence-electron chi connectivity index (χ3n) is 3.97. The molecule has 0 atom stereocenters. The molecule has 0 unspecified atom stereocenters. The van der Waals surface area contributed by atoms with Gasteiger partial charge in [0.1, 0.15) is 0 Å². The number of thiophene rings is 1. The topological polar surface area (TPSA) is 75.4 Å². The highest BCUT2D eigenvalue weighted by atomic mass is 32.1. The summed E-state index contributed by atoms with van der Waals surface area (Å²) in [5.74, 6) is 0.734. The van der Waals surface area contributed by atoms with Gasteiger partial charge in [0, 0.05) is 12.6 Å². The molecule has 1 fully saturated rings. The van der Waals surface area contributed by atoms with Gasteiger partial charge in [-0.1, -0.05) is 6.07 Å². The summed E-state index contributed by atoms with van der Waals surface area (Å²) in [6.45, 7) is 0.243. The number of oxazole rings is 1. The molecule has 112 valence electrons. The fourth-order valence-corrected chi connectivity index (χ4v) is 3.45. The molecule has 21 heavy (non-hydrogen) atoms. The van der Waals surface area contributed by atoms with Crippen LogP contribution < -0.4 is 5.32 Å². The van der Waals surface area contributed by atoms with Crippen LogP contribution in [0.4, 0.5) is 0 Å². The van der Waals surface area contributed by atoms with Crippen molar-refractivity contribution >= 4 is 17.2 Å². The van der Waals surface area contributed by atoms with Crippen LogP contribution in [0.2, 0.25) is 0 Å². The van der Waals surface area contributed by atoms with Crippen LogP contribution in [0.1, 0.15) is 36.2 Å². The predicted molar refractivity (Wildman–Crippen MR) is 80.1 cm³/mol. The molecule has 0 aliphatic heterocycles. The van der Waals surface area contributed by atoms with Gasteiger partial charge in [-0.2, -0.15) is 0 Å². The summed E-state index contributed by atoms with van der Waals surface area (Å²) < 4.78 is 5.36. The van der Waals surface area contributed by atoms with Crippen molar-refractivity contribution in [2.45, 2.75) is 31.7 Å². The van der Waals surface area contributed by atoms with Crippen LogP contribution in [0, 0.1) is 5.92 Å². The van der Waals surface area contributed by atoms with Crippen molar-refractivity contribution in [1.82, 2.24) is 10.3 Å². The minimum absolute atomic E-state index is 0.160. The fraction of sp³-hybridized carbons (Fsp3) is 0.467. The minimum Gasteiger partial charge on any atom is -0.442 e. The van der Waals surface area contributed by atoms with E-state index in [1.165, 1.54) is 17.7 Å². The zero-order chi connectivity index (χ0) is 14.7. The number of nitrogens with zero attached hydrogens (tertiary/aromatic N) is 1. The third-order valence-corrected chi connectivity index (χ3v) is 4.84. The standard InChI is InChI=1S/C15H18N2O3S/c18-8-10-3-5-11(6-4-10)17-15(19)13-14(20-9-16-13)12-2-1-7-21-12/h1-2,7,9-11,18H,3-6,8H2,(H,17,19). The molecule has 2 N–H and O–H groups in total. The third kappa shape index (κ3) is 3.16. The fourth-order valence-electron chi connectivity index (χ4n) is 2.73. The summed E-state index contributed by atoms with van der Waals surface area (Å²) in [6, 6.07) is 3.99. The zero-order valence-corrected chi connectivity index (χ0v) is 12.4. The Bertz CT molecular complexity index is 586. The molecule has 0 bridgehead atoms. The number of carbonyl (C=O) groups excluding carboxylic acids is 1. The van der Waals surface area contributed by atoms with Crippen LogP contribution in [0.15, 0.2) is 28.3 Å². The second-order valence-corrected chi connectivity index (χ2v) is 6.33. The van der Waals surface area contributed by atoms with Gasteiger partial charge in [-0.3, -0.25) is 4.79 Å². The van der Waals surface area contributed by atoms with E-state index < -0.39 is 0 Å². The Kier molecular flexibility index (Phi) is 4.36. The molecular formula is C15H18N2O3S. The monoisotopic (exact) mass is 306 g/mol. The highest BCUT2D eigenvalue weighted by Crippen LogP contribution is 2.28. The quantitative estimate of drug-likeness (QED) is 0.910. The molecule has 1 saturated carbocycles. The van der Waals surface area contributed by atoms with Crippen molar-refractivity contribution in [3.8, 4) is 10.6 Å². The molecule has 3 rings (SSSR count). The normalized spacial score (nSPS) is 22.1. The molecule has 5 nitrogen and oxygen atoms in total. The Morgan fingerprint density at radius 3 is 2.90 bits per heavy atom. The largest absolute Gasteiger partial charge is 0.442 e. The van der Waals surface area contributed by atoms with E-state index in [1.54, 1.807) is 0 Å². The van der Waals surface area contributed by atoms with Crippen molar-refractivity contribution in [3.05, 3.63) is 29.6 Å². The number of rotatable bonds is 4. The lowest BCUT2D eigenvalue weighted by Crippen LogP contribution is -2.38. The number of aliphatic hydroxyl groups excluding tert-OH is 1. The number of aliphatic hydroxyl groups is 1. The van der Waals surface area contributed by atoms with E-state index in [0.717, 1.165) is 30.6 Å². The highest BCUT2D eigenvalue weighted by molar-refractivity contribution is 7.13. The Labute approximate surface area is 127 Å². The first-order valence-electron chi connectivity index (χ1n) is 7.17. The van der Waals surface area contributed by atoms with Crippen molar-refractivity contribution < 1.29 is 14.3 Å². The molecular weight excluding hydrogens is 288 g/mol. The van der Waals surface area contributed by atoms with E-state index in [-0.39, 0.29) is 18.6 Å². The summed E-state index contributed by atoms with van der Waals surface area (Å²) in [6.07, 6.45) is 5.04. The van der Waals surface area contributed by atoms with Crippen molar-refractivity contribution in [3.63, 3.8) is 0 Å². The van der Waals surface area contributed by atoms with E-state index in [2.05, 4.69) is 10.3 Å². The maximum Gasteiger partial charge on any atom is 0.274 e. The van der Waals surface area contributed by atoms with Gasteiger partial charge in [0.25, 0.3) is 5.91 Å². The number of carbonyl (C=O) groups is 1. The van der Waals surface area contributed by atoms with Gasteiger partial charge >= 0.3 is 0 Å². The van der Waals surface area contributed by atoms with Crippen molar-refractivity contribution in [1.29, 1.82) is 0 Å². The number of hydrogen-bond donors (Lipinski definition) is 2. The SMILES string of the molecule is O=C(NC1CCC(CO)CC1)c1ncoc1-c1cccs1. The average Bonchev–Trinajstić information content (AvgIpc) is 3.18. The van der Waals surface area contributed by atoms with Gasteiger partial charge < -0.3 is 14.8 Å². The van der Waals surface area contributed by atoms with Crippen molar-refractivity contribution in [2.24, 2.45) is 5.92 Å². The predicted octanol–water partition coefficient (Wildman–Crippen LogP) is 2.68. The summed E-state index contributed by atoms with van der Waals surface area (Å²) in [7, 11) is 0. The van der Waals surface area contributed by atoms with Crippen LogP contribution >= 0.6 is 11.3 Å². The summed E-state index contributed by atoms with van der Waals surface area (Å²) >= 11 is 1.52. The molecule has 2 heterocycles. The summed E-state index contributed by atoms with van der Waals surface area (Å²) in [4.78, 5) is 17.3. The average molecular weight is 306 g/mol. The number of hydrogen-bond acceptors (Lipinski definition) is 5. The Morgan fingerprint density at radius 1 is 1.43 bits per heavy atom. The first kappa shape index (κ1) is 14.3. The lowest BCUT2D eigenvalue weighted by atomic mass is 9.86. The summed E-state index contributed by atoms with van der Waals surface area (Å²) in [5, 5.41) is 14.1. The minimum atomic E-state index is -0.181. The van der Waals surface area contributed by atoms with Gasteiger partial charge in [-0.15, -0.1) is 11.3 Å². The zero-order valence-electron chi connectivity index (χ0n) is 11.6. The molecule has 6 heteroatoms. The van der Waals surface area contributed by atoms with E-state index in [1.807, 2.05) is 17.5 Å². The first-order valence-corrected chi connectivity index (χ1v) is 8.05. The summed E-state index contributed by atoms with van der Waals surface area (Å²) in [5.41, 5.74) is 0.349. The second-order valence-electron chi connectivity index (χ2n) is 5.38. The molecule has 1 amide bonds.